The summed E-state index contributed by atoms with van der Waals surface area (Å²) < 4.78 is 26.6. The van der Waals surface area contributed by atoms with Gasteiger partial charge in [0.2, 0.25) is 0 Å². The summed E-state index contributed by atoms with van der Waals surface area (Å²) in [5, 5.41) is 0. The van der Waals surface area contributed by atoms with Crippen LogP contribution in [-0.4, -0.2) is 50.6 Å². The van der Waals surface area contributed by atoms with E-state index in [1.165, 1.54) is 7.11 Å². The normalized spacial score (nSPS) is 12.2. The van der Waals surface area contributed by atoms with Crippen molar-refractivity contribution in [3.05, 3.63) is 23.8 Å². The fourth-order valence-corrected chi connectivity index (χ4v) is 2.33. The predicted molar refractivity (Wildman–Crippen MR) is 100 cm³/mol. The third-order valence-corrected chi connectivity index (χ3v) is 3.33. The van der Waals surface area contributed by atoms with Crippen LogP contribution in [0.1, 0.15) is 40.2 Å². The van der Waals surface area contributed by atoms with E-state index < -0.39 is 23.6 Å². The molecule has 0 saturated heterocycles. The highest BCUT2D eigenvalue weighted by Gasteiger charge is 2.22. The second-order valence-electron chi connectivity index (χ2n) is 6.76. The van der Waals surface area contributed by atoms with Gasteiger partial charge in [0.1, 0.15) is 5.60 Å². The lowest BCUT2D eigenvalue weighted by Gasteiger charge is -2.20. The Hall–Kier alpha value is -2.28. The topological polar surface area (TPSA) is 80.3 Å². The summed E-state index contributed by atoms with van der Waals surface area (Å²) in [4.78, 5) is 23.9. The van der Waals surface area contributed by atoms with Crippen molar-refractivity contribution < 1.29 is 33.3 Å². The van der Waals surface area contributed by atoms with E-state index in [-0.39, 0.29) is 13.2 Å². The van der Waals surface area contributed by atoms with E-state index >= 15 is 0 Å². The first kappa shape index (κ1) is 22.8. The summed E-state index contributed by atoms with van der Waals surface area (Å²) >= 11 is 0. The highest BCUT2D eigenvalue weighted by atomic mass is 16.6. The van der Waals surface area contributed by atoms with Gasteiger partial charge in [0.05, 0.1) is 13.7 Å². The van der Waals surface area contributed by atoms with Crippen molar-refractivity contribution in [2.45, 2.75) is 52.7 Å². The zero-order valence-electron chi connectivity index (χ0n) is 17.0. The van der Waals surface area contributed by atoms with E-state index in [1.54, 1.807) is 39.8 Å². The van der Waals surface area contributed by atoms with Crippen LogP contribution in [0.2, 0.25) is 0 Å². The number of methoxy groups -OCH3 is 1. The molecule has 1 aromatic carbocycles. The van der Waals surface area contributed by atoms with E-state index in [9.17, 15) is 9.59 Å². The molecule has 1 aromatic rings. The van der Waals surface area contributed by atoms with Crippen LogP contribution in [0.4, 0.5) is 0 Å². The Morgan fingerprint density at radius 2 is 1.78 bits per heavy atom. The third-order valence-electron chi connectivity index (χ3n) is 3.33. The molecule has 0 amide bonds. The van der Waals surface area contributed by atoms with E-state index in [0.29, 0.717) is 24.5 Å². The fourth-order valence-electron chi connectivity index (χ4n) is 2.33. The molecule has 0 aliphatic carbocycles. The molecular weight excluding hydrogens is 352 g/mol. The summed E-state index contributed by atoms with van der Waals surface area (Å²) in [7, 11) is 1.51. The van der Waals surface area contributed by atoms with Crippen molar-refractivity contribution in [1.29, 1.82) is 0 Å². The molecule has 0 heterocycles. The number of hydrogen-bond donors (Lipinski definition) is 0. The van der Waals surface area contributed by atoms with Gasteiger partial charge in [-0.2, -0.15) is 0 Å². The first-order chi connectivity index (χ1) is 12.7. The Morgan fingerprint density at radius 1 is 1.07 bits per heavy atom. The molecule has 0 aromatic heterocycles. The first-order valence-corrected chi connectivity index (χ1v) is 9.00. The minimum Gasteiger partial charge on any atom is -0.493 e. The molecule has 0 aliphatic rings. The van der Waals surface area contributed by atoms with Crippen LogP contribution in [0.15, 0.2) is 18.2 Å². The van der Waals surface area contributed by atoms with Crippen LogP contribution in [0, 0.1) is 0 Å². The van der Waals surface area contributed by atoms with Gasteiger partial charge in [0.15, 0.2) is 24.2 Å². The lowest BCUT2D eigenvalue weighted by Crippen LogP contribution is -2.29. The zero-order chi connectivity index (χ0) is 20.4. The monoisotopic (exact) mass is 382 g/mol. The first-order valence-electron chi connectivity index (χ1n) is 9.00. The summed E-state index contributed by atoms with van der Waals surface area (Å²) in [6.07, 6.45) is -0.388. The van der Waals surface area contributed by atoms with Gasteiger partial charge in [-0.3, -0.25) is 0 Å². The smallest absolute Gasteiger partial charge is 0.344 e. The molecule has 27 heavy (non-hydrogen) atoms. The number of rotatable bonds is 10. The molecule has 7 nitrogen and oxygen atoms in total. The molecule has 0 radical (unpaired) electrons. The minimum absolute atomic E-state index is 0.246. The lowest BCUT2D eigenvalue weighted by molar-refractivity contribution is -0.157. The second-order valence-corrected chi connectivity index (χ2v) is 6.76. The summed E-state index contributed by atoms with van der Waals surface area (Å²) in [5.74, 6) is -0.0218. The summed E-state index contributed by atoms with van der Waals surface area (Å²) in [5.41, 5.74) is 0.206. The molecular formula is C20H30O7. The van der Waals surface area contributed by atoms with Gasteiger partial charge in [-0.1, -0.05) is 6.07 Å². The molecule has 0 bridgehead atoms. The van der Waals surface area contributed by atoms with Crippen LogP contribution < -0.4 is 9.47 Å². The van der Waals surface area contributed by atoms with Gasteiger partial charge in [-0.05, 0) is 52.3 Å². The summed E-state index contributed by atoms with van der Waals surface area (Å²) in [6, 6.07) is 5.24. The van der Waals surface area contributed by atoms with Gasteiger partial charge in [-0.25, -0.2) is 9.59 Å². The molecule has 152 valence electrons. The SMILES string of the molecule is CCOC(=O)C(Cc1ccc(OC)c(OCC(=O)OC(C)(C)C)c1)OCC. The van der Waals surface area contributed by atoms with Crippen LogP contribution in [0.3, 0.4) is 0 Å². The van der Waals surface area contributed by atoms with Crippen molar-refractivity contribution in [2.75, 3.05) is 26.9 Å². The van der Waals surface area contributed by atoms with Crippen molar-refractivity contribution in [1.82, 2.24) is 0 Å². The van der Waals surface area contributed by atoms with E-state index in [2.05, 4.69) is 0 Å². The molecule has 0 N–H and O–H groups in total. The Kier molecular flexibility index (Phi) is 9.08. The van der Waals surface area contributed by atoms with Crippen molar-refractivity contribution in [3.8, 4) is 11.5 Å². The van der Waals surface area contributed by atoms with Crippen molar-refractivity contribution in [2.24, 2.45) is 0 Å². The highest BCUT2D eigenvalue weighted by Crippen LogP contribution is 2.29. The maximum Gasteiger partial charge on any atom is 0.344 e. The average Bonchev–Trinajstić information content (AvgIpc) is 2.58. The molecule has 0 fully saturated rings. The largest absolute Gasteiger partial charge is 0.493 e. The molecule has 0 spiro atoms. The number of carbonyl (C=O) groups is 2. The Bertz CT molecular complexity index is 619. The number of esters is 2. The number of ether oxygens (including phenoxy) is 5. The van der Waals surface area contributed by atoms with Crippen LogP contribution in [0.5, 0.6) is 11.5 Å². The van der Waals surface area contributed by atoms with E-state index in [4.69, 9.17) is 23.7 Å². The van der Waals surface area contributed by atoms with Gasteiger partial charge in [0.25, 0.3) is 0 Å². The maximum absolute atomic E-state index is 12.0. The molecule has 0 saturated carbocycles. The fraction of sp³-hybridized carbons (Fsp3) is 0.600. The number of carbonyl (C=O) groups excluding carboxylic acids is 2. The van der Waals surface area contributed by atoms with Gasteiger partial charge in [-0.15, -0.1) is 0 Å². The average molecular weight is 382 g/mol. The minimum atomic E-state index is -0.706. The van der Waals surface area contributed by atoms with Crippen LogP contribution >= 0.6 is 0 Å². The Morgan fingerprint density at radius 3 is 2.33 bits per heavy atom. The second kappa shape index (κ2) is 10.8. The maximum atomic E-state index is 12.0. The Labute approximate surface area is 160 Å². The molecule has 7 heteroatoms. The van der Waals surface area contributed by atoms with Gasteiger partial charge in [0, 0.05) is 13.0 Å². The Balaban J connectivity index is 2.87. The predicted octanol–water partition coefficient (Wildman–Crippen LogP) is 2.93. The van der Waals surface area contributed by atoms with E-state index in [0.717, 1.165) is 5.56 Å². The van der Waals surface area contributed by atoms with Gasteiger partial charge >= 0.3 is 11.9 Å². The third kappa shape index (κ3) is 8.30. The van der Waals surface area contributed by atoms with Gasteiger partial charge < -0.3 is 23.7 Å². The molecule has 1 atom stereocenters. The quantitative estimate of drug-likeness (QED) is 0.576. The van der Waals surface area contributed by atoms with Crippen LogP contribution in [0.25, 0.3) is 0 Å². The number of hydrogen-bond acceptors (Lipinski definition) is 7. The lowest BCUT2D eigenvalue weighted by atomic mass is 10.1. The molecule has 0 aliphatic heterocycles. The van der Waals surface area contributed by atoms with Crippen molar-refractivity contribution >= 4 is 11.9 Å². The standard InChI is InChI=1S/C20H30O7/c1-7-24-17(19(22)25-8-2)12-14-9-10-15(23-6)16(11-14)26-13-18(21)27-20(3,4)5/h9-11,17H,7-8,12-13H2,1-6H3. The van der Waals surface area contributed by atoms with Crippen molar-refractivity contribution in [3.63, 3.8) is 0 Å². The zero-order valence-corrected chi connectivity index (χ0v) is 17.0. The number of benzene rings is 1. The summed E-state index contributed by atoms with van der Waals surface area (Å²) in [6.45, 7) is 9.35. The van der Waals surface area contributed by atoms with Crippen LogP contribution in [-0.2, 0) is 30.2 Å². The van der Waals surface area contributed by atoms with E-state index in [1.807, 2.05) is 13.0 Å². The highest BCUT2D eigenvalue weighted by molar-refractivity contribution is 5.75. The molecule has 1 rings (SSSR count). The molecule has 1 unspecified atom stereocenters.